The van der Waals surface area contributed by atoms with Crippen molar-refractivity contribution in [3.8, 4) is 5.75 Å². The zero-order chi connectivity index (χ0) is 8.97. The van der Waals surface area contributed by atoms with Crippen LogP contribution in [0.25, 0.3) is 0 Å². The molecule has 0 unspecified atom stereocenters. The van der Waals surface area contributed by atoms with Gasteiger partial charge in [0.25, 0.3) is 0 Å². The van der Waals surface area contributed by atoms with Gasteiger partial charge >= 0.3 is 0 Å². The molecular formula is C9H11FO2. The fraction of sp³-hybridized carbons (Fsp3) is 0.333. The quantitative estimate of drug-likeness (QED) is 0.647. The minimum atomic E-state index is -0.363. The number of ether oxygens (including phenoxy) is 2. The van der Waals surface area contributed by atoms with E-state index < -0.39 is 0 Å². The predicted octanol–water partition coefficient (Wildman–Crippen LogP) is 2.12. The SMILES string of the molecule is COCOc1cc(C)ccc1F. The molecule has 3 heteroatoms. The summed E-state index contributed by atoms with van der Waals surface area (Å²) >= 11 is 0. The fourth-order valence-electron chi connectivity index (χ4n) is 0.844. The Bertz CT molecular complexity index is 261. The van der Waals surface area contributed by atoms with E-state index in [0.717, 1.165) is 5.56 Å². The summed E-state index contributed by atoms with van der Waals surface area (Å²) in [6, 6.07) is 4.70. The molecule has 0 aliphatic rings. The summed E-state index contributed by atoms with van der Waals surface area (Å²) in [4.78, 5) is 0. The second-order valence-corrected chi connectivity index (χ2v) is 2.48. The lowest BCUT2D eigenvalue weighted by Crippen LogP contribution is -2.00. The van der Waals surface area contributed by atoms with Gasteiger partial charge in [0.2, 0.25) is 0 Å². The third-order valence-corrected chi connectivity index (χ3v) is 1.42. The van der Waals surface area contributed by atoms with E-state index in [-0.39, 0.29) is 18.4 Å². The fourth-order valence-corrected chi connectivity index (χ4v) is 0.844. The molecule has 1 rings (SSSR count). The van der Waals surface area contributed by atoms with E-state index in [1.165, 1.54) is 13.2 Å². The van der Waals surface area contributed by atoms with Gasteiger partial charge in [0.1, 0.15) is 0 Å². The lowest BCUT2D eigenvalue weighted by atomic mass is 10.2. The van der Waals surface area contributed by atoms with Gasteiger partial charge in [0.15, 0.2) is 18.4 Å². The molecule has 0 N–H and O–H groups in total. The maximum absolute atomic E-state index is 12.9. The molecule has 0 aliphatic carbocycles. The van der Waals surface area contributed by atoms with Crippen molar-refractivity contribution in [3.05, 3.63) is 29.6 Å². The van der Waals surface area contributed by atoms with E-state index in [4.69, 9.17) is 4.74 Å². The van der Waals surface area contributed by atoms with Crippen LogP contribution in [0.5, 0.6) is 5.75 Å². The predicted molar refractivity (Wildman–Crippen MR) is 43.6 cm³/mol. The first-order valence-corrected chi connectivity index (χ1v) is 3.62. The van der Waals surface area contributed by atoms with Gasteiger partial charge in [-0.3, -0.25) is 0 Å². The minimum absolute atomic E-state index is 0.0698. The van der Waals surface area contributed by atoms with Crippen LogP contribution in [0, 0.1) is 12.7 Å². The largest absolute Gasteiger partial charge is 0.464 e. The van der Waals surface area contributed by atoms with Gasteiger partial charge in [-0.25, -0.2) is 4.39 Å². The highest BCUT2D eigenvalue weighted by Gasteiger charge is 2.01. The molecule has 0 heterocycles. The van der Waals surface area contributed by atoms with Crippen molar-refractivity contribution in [1.82, 2.24) is 0 Å². The third-order valence-electron chi connectivity index (χ3n) is 1.42. The molecule has 0 aromatic heterocycles. The molecule has 0 atom stereocenters. The van der Waals surface area contributed by atoms with Gasteiger partial charge in [0.05, 0.1) is 0 Å². The number of aryl methyl sites for hydroxylation is 1. The lowest BCUT2D eigenvalue weighted by molar-refractivity contribution is 0.0482. The highest BCUT2D eigenvalue weighted by molar-refractivity contribution is 5.29. The average Bonchev–Trinajstić information content (AvgIpc) is 2.07. The lowest BCUT2D eigenvalue weighted by Gasteiger charge is -2.05. The van der Waals surface area contributed by atoms with E-state index >= 15 is 0 Å². The molecule has 1 aromatic rings. The van der Waals surface area contributed by atoms with Crippen molar-refractivity contribution in [2.45, 2.75) is 6.92 Å². The van der Waals surface area contributed by atoms with Crippen molar-refractivity contribution in [3.63, 3.8) is 0 Å². The molecule has 0 radical (unpaired) electrons. The first-order valence-electron chi connectivity index (χ1n) is 3.62. The summed E-state index contributed by atoms with van der Waals surface area (Å²) in [6.07, 6.45) is 0. The Labute approximate surface area is 70.9 Å². The van der Waals surface area contributed by atoms with Crippen LogP contribution >= 0.6 is 0 Å². The van der Waals surface area contributed by atoms with Crippen molar-refractivity contribution < 1.29 is 13.9 Å². The van der Waals surface area contributed by atoms with Crippen molar-refractivity contribution in [1.29, 1.82) is 0 Å². The molecule has 0 spiro atoms. The smallest absolute Gasteiger partial charge is 0.188 e. The van der Waals surface area contributed by atoms with E-state index in [1.54, 1.807) is 12.1 Å². The summed E-state index contributed by atoms with van der Waals surface area (Å²) < 4.78 is 22.5. The van der Waals surface area contributed by atoms with Crippen LogP contribution in [0.4, 0.5) is 4.39 Å². The summed E-state index contributed by atoms with van der Waals surface area (Å²) in [6.45, 7) is 1.94. The van der Waals surface area contributed by atoms with Crippen LogP contribution in [0.15, 0.2) is 18.2 Å². The van der Waals surface area contributed by atoms with Crippen LogP contribution in [-0.4, -0.2) is 13.9 Å². The van der Waals surface area contributed by atoms with Crippen LogP contribution in [0.1, 0.15) is 5.56 Å². The van der Waals surface area contributed by atoms with Crippen LogP contribution in [0.3, 0.4) is 0 Å². The van der Waals surface area contributed by atoms with Crippen LogP contribution < -0.4 is 4.74 Å². The Kier molecular flexibility index (Phi) is 3.05. The van der Waals surface area contributed by atoms with E-state index in [2.05, 4.69) is 4.74 Å². The monoisotopic (exact) mass is 170 g/mol. The Morgan fingerprint density at radius 2 is 2.17 bits per heavy atom. The van der Waals surface area contributed by atoms with E-state index in [0.29, 0.717) is 0 Å². The summed E-state index contributed by atoms with van der Waals surface area (Å²) in [7, 11) is 1.49. The molecule has 2 nitrogen and oxygen atoms in total. The molecule has 0 saturated carbocycles. The second kappa shape index (κ2) is 4.07. The van der Waals surface area contributed by atoms with E-state index in [1.807, 2.05) is 6.92 Å². The third kappa shape index (κ3) is 2.20. The summed E-state index contributed by atoms with van der Waals surface area (Å²) in [5.41, 5.74) is 0.961. The average molecular weight is 170 g/mol. The van der Waals surface area contributed by atoms with Crippen LogP contribution in [-0.2, 0) is 4.74 Å². The Balaban J connectivity index is 2.75. The first-order chi connectivity index (χ1) is 5.74. The number of rotatable bonds is 3. The molecular weight excluding hydrogens is 159 g/mol. The molecule has 0 fully saturated rings. The van der Waals surface area contributed by atoms with Crippen LogP contribution in [0.2, 0.25) is 0 Å². The van der Waals surface area contributed by atoms with Crippen molar-refractivity contribution in [2.75, 3.05) is 13.9 Å². The molecule has 1 aromatic carbocycles. The molecule has 66 valence electrons. The highest BCUT2D eigenvalue weighted by Crippen LogP contribution is 2.17. The summed E-state index contributed by atoms with van der Waals surface area (Å²) in [5.74, 6) is -0.130. The minimum Gasteiger partial charge on any atom is -0.464 e. The normalized spacial score (nSPS) is 9.92. The van der Waals surface area contributed by atoms with Gasteiger partial charge in [-0.1, -0.05) is 6.07 Å². The molecule has 0 saturated heterocycles. The maximum Gasteiger partial charge on any atom is 0.188 e. The van der Waals surface area contributed by atoms with Gasteiger partial charge in [-0.2, -0.15) is 0 Å². The van der Waals surface area contributed by atoms with Gasteiger partial charge < -0.3 is 9.47 Å². The first kappa shape index (κ1) is 9.00. The summed E-state index contributed by atoms with van der Waals surface area (Å²) in [5, 5.41) is 0. The molecule has 12 heavy (non-hydrogen) atoms. The second-order valence-electron chi connectivity index (χ2n) is 2.48. The number of hydrogen-bond acceptors (Lipinski definition) is 2. The number of methoxy groups -OCH3 is 1. The number of benzene rings is 1. The Morgan fingerprint density at radius 1 is 1.42 bits per heavy atom. The van der Waals surface area contributed by atoms with E-state index in [9.17, 15) is 4.39 Å². The zero-order valence-corrected chi connectivity index (χ0v) is 7.13. The zero-order valence-electron chi connectivity index (χ0n) is 7.13. The van der Waals surface area contributed by atoms with Gasteiger partial charge in [0, 0.05) is 7.11 Å². The Morgan fingerprint density at radius 3 is 2.83 bits per heavy atom. The number of halogens is 1. The maximum atomic E-state index is 12.9. The van der Waals surface area contributed by atoms with Gasteiger partial charge in [-0.15, -0.1) is 0 Å². The van der Waals surface area contributed by atoms with Crippen molar-refractivity contribution in [2.24, 2.45) is 0 Å². The Hall–Kier alpha value is -1.09. The van der Waals surface area contributed by atoms with Crippen molar-refractivity contribution >= 4 is 0 Å². The topological polar surface area (TPSA) is 18.5 Å². The molecule has 0 aliphatic heterocycles. The number of hydrogen-bond donors (Lipinski definition) is 0. The van der Waals surface area contributed by atoms with Gasteiger partial charge in [-0.05, 0) is 24.6 Å². The standard InChI is InChI=1S/C9H11FO2/c1-7-3-4-8(10)9(5-7)12-6-11-2/h3-5H,6H2,1-2H3. The highest BCUT2D eigenvalue weighted by atomic mass is 19.1. The molecule has 0 amide bonds. The molecule has 0 bridgehead atoms.